The minimum atomic E-state index is 0.707. The molecule has 0 saturated carbocycles. The quantitative estimate of drug-likeness (QED) is 0.742. The predicted molar refractivity (Wildman–Crippen MR) is 92.8 cm³/mol. The first kappa shape index (κ1) is 16.0. The number of nitrogens with one attached hydrogen (secondary N) is 1. The van der Waals surface area contributed by atoms with Crippen LogP contribution in [0.3, 0.4) is 0 Å². The molecule has 0 unspecified atom stereocenters. The molecule has 2 aromatic rings. The third kappa shape index (κ3) is 3.86. The first-order valence-corrected chi connectivity index (χ1v) is 8.48. The summed E-state index contributed by atoms with van der Waals surface area (Å²) in [7, 11) is 3.28. The summed E-state index contributed by atoms with van der Waals surface area (Å²) in [4.78, 5) is 1.23. The molecule has 0 bridgehead atoms. The lowest BCUT2D eigenvalue weighted by Gasteiger charge is -2.14. The Bertz CT molecular complexity index is 619. The van der Waals surface area contributed by atoms with Crippen molar-refractivity contribution in [3.05, 3.63) is 46.4 Å². The Kier molecular flexibility index (Phi) is 5.82. The molecule has 2 rings (SSSR count). The minimum Gasteiger partial charge on any atom is -0.493 e. The molecule has 0 aromatic heterocycles. The normalized spacial score (nSPS) is 10.3. The van der Waals surface area contributed by atoms with E-state index in [2.05, 4.69) is 39.6 Å². The molecule has 3 nitrogen and oxygen atoms in total. The van der Waals surface area contributed by atoms with Crippen LogP contribution < -0.4 is 14.8 Å². The Morgan fingerprint density at radius 1 is 1.10 bits per heavy atom. The lowest BCUT2D eigenvalue weighted by molar-refractivity contribution is 0.354. The third-order valence-corrected chi connectivity index (χ3v) is 4.66. The molecule has 0 aliphatic rings. The standard InChI is InChI=1S/C16H18BrNO2S/c1-19-14-8-11(12(17)9-15(14)20-2)10-18-13-6-4-5-7-16(13)21-3/h4-9,18H,10H2,1-3H3. The highest BCUT2D eigenvalue weighted by molar-refractivity contribution is 9.10. The zero-order valence-electron chi connectivity index (χ0n) is 12.3. The van der Waals surface area contributed by atoms with Crippen molar-refractivity contribution in [3.63, 3.8) is 0 Å². The summed E-state index contributed by atoms with van der Waals surface area (Å²) in [5, 5.41) is 3.46. The highest BCUT2D eigenvalue weighted by Gasteiger charge is 2.10. The van der Waals surface area contributed by atoms with E-state index >= 15 is 0 Å². The molecule has 112 valence electrons. The van der Waals surface area contributed by atoms with E-state index in [1.807, 2.05) is 24.3 Å². The Balaban J connectivity index is 2.20. The molecular weight excluding hydrogens is 350 g/mol. The lowest BCUT2D eigenvalue weighted by Crippen LogP contribution is -2.02. The minimum absolute atomic E-state index is 0.707. The van der Waals surface area contributed by atoms with Gasteiger partial charge in [0.1, 0.15) is 0 Å². The first-order valence-electron chi connectivity index (χ1n) is 6.47. The van der Waals surface area contributed by atoms with E-state index in [9.17, 15) is 0 Å². The second-order valence-electron chi connectivity index (χ2n) is 4.35. The molecular formula is C16H18BrNO2S. The summed E-state index contributed by atoms with van der Waals surface area (Å²) in [5.41, 5.74) is 2.25. The third-order valence-electron chi connectivity index (χ3n) is 3.13. The summed E-state index contributed by atoms with van der Waals surface area (Å²) < 4.78 is 11.6. The molecule has 0 fully saturated rings. The Hall–Kier alpha value is -1.33. The molecule has 21 heavy (non-hydrogen) atoms. The van der Waals surface area contributed by atoms with Gasteiger partial charge in [-0.15, -0.1) is 11.8 Å². The molecule has 0 aliphatic heterocycles. The summed E-state index contributed by atoms with van der Waals surface area (Å²) in [6.07, 6.45) is 2.08. The Morgan fingerprint density at radius 3 is 2.43 bits per heavy atom. The maximum absolute atomic E-state index is 5.35. The number of rotatable bonds is 6. The summed E-state index contributed by atoms with van der Waals surface area (Å²) >= 11 is 5.31. The fourth-order valence-electron chi connectivity index (χ4n) is 2.01. The van der Waals surface area contributed by atoms with E-state index in [1.54, 1.807) is 26.0 Å². The van der Waals surface area contributed by atoms with Crippen molar-refractivity contribution in [1.29, 1.82) is 0 Å². The fourth-order valence-corrected chi connectivity index (χ4v) is 3.05. The van der Waals surface area contributed by atoms with Gasteiger partial charge in [0.25, 0.3) is 0 Å². The number of thioether (sulfide) groups is 1. The highest BCUT2D eigenvalue weighted by atomic mass is 79.9. The van der Waals surface area contributed by atoms with Crippen LogP contribution in [0.25, 0.3) is 0 Å². The Labute approximate surface area is 138 Å². The van der Waals surface area contributed by atoms with Crippen LogP contribution in [0, 0.1) is 0 Å². The van der Waals surface area contributed by atoms with Crippen LogP contribution in [0.15, 0.2) is 45.8 Å². The van der Waals surface area contributed by atoms with Gasteiger partial charge in [-0.05, 0) is 36.1 Å². The number of benzene rings is 2. The van der Waals surface area contributed by atoms with Gasteiger partial charge in [0, 0.05) is 21.6 Å². The van der Waals surface area contributed by atoms with E-state index in [1.165, 1.54) is 4.90 Å². The van der Waals surface area contributed by atoms with Crippen molar-refractivity contribution in [2.75, 3.05) is 25.8 Å². The predicted octanol–water partition coefficient (Wildman–Crippen LogP) is 4.80. The van der Waals surface area contributed by atoms with Crippen molar-refractivity contribution < 1.29 is 9.47 Å². The van der Waals surface area contributed by atoms with E-state index < -0.39 is 0 Å². The van der Waals surface area contributed by atoms with Crippen LogP contribution in [0.4, 0.5) is 5.69 Å². The zero-order valence-corrected chi connectivity index (χ0v) is 14.7. The summed E-state index contributed by atoms with van der Waals surface area (Å²) in [6, 6.07) is 12.2. The fraction of sp³-hybridized carbons (Fsp3) is 0.250. The largest absolute Gasteiger partial charge is 0.493 e. The second kappa shape index (κ2) is 7.61. The van der Waals surface area contributed by atoms with E-state index in [0.717, 1.165) is 27.2 Å². The number of methoxy groups -OCH3 is 2. The summed E-state index contributed by atoms with van der Waals surface area (Å²) in [5.74, 6) is 1.45. The topological polar surface area (TPSA) is 30.5 Å². The van der Waals surface area contributed by atoms with Crippen LogP contribution in [0.1, 0.15) is 5.56 Å². The SMILES string of the molecule is COc1cc(Br)c(CNc2ccccc2SC)cc1OC. The van der Waals surface area contributed by atoms with Gasteiger partial charge in [0.05, 0.1) is 14.2 Å². The van der Waals surface area contributed by atoms with Gasteiger partial charge in [0.15, 0.2) is 11.5 Å². The zero-order chi connectivity index (χ0) is 15.2. The van der Waals surface area contributed by atoms with Gasteiger partial charge in [0.2, 0.25) is 0 Å². The maximum atomic E-state index is 5.35. The average molecular weight is 368 g/mol. The van der Waals surface area contributed by atoms with Gasteiger partial charge in [-0.1, -0.05) is 28.1 Å². The van der Waals surface area contributed by atoms with E-state index in [-0.39, 0.29) is 0 Å². The highest BCUT2D eigenvalue weighted by Crippen LogP contribution is 2.34. The number of hydrogen-bond donors (Lipinski definition) is 1. The average Bonchev–Trinajstić information content (AvgIpc) is 2.53. The van der Waals surface area contributed by atoms with Crippen LogP contribution in [0.5, 0.6) is 11.5 Å². The number of hydrogen-bond acceptors (Lipinski definition) is 4. The second-order valence-corrected chi connectivity index (χ2v) is 6.05. The Morgan fingerprint density at radius 2 is 1.76 bits per heavy atom. The molecule has 0 spiro atoms. The molecule has 0 amide bonds. The monoisotopic (exact) mass is 367 g/mol. The molecule has 2 aromatic carbocycles. The van der Waals surface area contributed by atoms with Crippen molar-refractivity contribution >= 4 is 33.4 Å². The molecule has 0 saturated heterocycles. The van der Waals surface area contributed by atoms with Crippen LogP contribution in [-0.4, -0.2) is 20.5 Å². The first-order chi connectivity index (χ1) is 10.2. The molecule has 1 N–H and O–H groups in total. The van der Waals surface area contributed by atoms with Gasteiger partial charge in [-0.25, -0.2) is 0 Å². The number of halogens is 1. The van der Waals surface area contributed by atoms with Crippen molar-refractivity contribution in [3.8, 4) is 11.5 Å². The van der Waals surface area contributed by atoms with Crippen LogP contribution in [0.2, 0.25) is 0 Å². The summed E-state index contributed by atoms with van der Waals surface area (Å²) in [6.45, 7) is 0.707. The maximum Gasteiger partial charge on any atom is 0.161 e. The molecule has 0 radical (unpaired) electrons. The van der Waals surface area contributed by atoms with Crippen molar-refractivity contribution in [1.82, 2.24) is 0 Å². The van der Waals surface area contributed by atoms with Crippen LogP contribution in [-0.2, 0) is 6.54 Å². The number of para-hydroxylation sites is 1. The van der Waals surface area contributed by atoms with Crippen molar-refractivity contribution in [2.45, 2.75) is 11.4 Å². The molecule has 0 atom stereocenters. The van der Waals surface area contributed by atoms with E-state index in [4.69, 9.17) is 9.47 Å². The van der Waals surface area contributed by atoms with Crippen molar-refractivity contribution in [2.24, 2.45) is 0 Å². The smallest absolute Gasteiger partial charge is 0.161 e. The number of ether oxygens (including phenoxy) is 2. The van der Waals surface area contributed by atoms with Gasteiger partial charge >= 0.3 is 0 Å². The molecule has 0 heterocycles. The molecule has 5 heteroatoms. The van der Waals surface area contributed by atoms with Crippen LogP contribution >= 0.6 is 27.7 Å². The van der Waals surface area contributed by atoms with Gasteiger partial charge < -0.3 is 14.8 Å². The number of anilines is 1. The molecule has 0 aliphatic carbocycles. The van der Waals surface area contributed by atoms with Gasteiger partial charge in [-0.2, -0.15) is 0 Å². The lowest BCUT2D eigenvalue weighted by atomic mass is 10.2. The van der Waals surface area contributed by atoms with E-state index in [0.29, 0.717) is 6.54 Å². The van der Waals surface area contributed by atoms with Gasteiger partial charge in [-0.3, -0.25) is 0 Å².